The summed E-state index contributed by atoms with van der Waals surface area (Å²) in [4.78, 5) is 4.42. The number of hydrogen-bond acceptors (Lipinski definition) is 7. The molecule has 1 fully saturated rings. The molecule has 2 N–H and O–H groups in total. The van der Waals surface area contributed by atoms with Gasteiger partial charge in [0.1, 0.15) is 6.33 Å². The number of rotatable bonds is 3. The molecule has 1 aliphatic rings. The molecular weight excluding hydrogens is 270 g/mol. The Morgan fingerprint density at radius 1 is 1.19 bits per heavy atom. The van der Waals surface area contributed by atoms with Crippen LogP contribution >= 0.6 is 0 Å². The average Bonchev–Trinajstić information content (AvgIpc) is 3.16. The molecule has 1 aromatic carbocycles. The first-order valence-corrected chi connectivity index (χ1v) is 6.71. The van der Waals surface area contributed by atoms with Gasteiger partial charge in [0.25, 0.3) is 5.89 Å². The molecule has 3 aromatic rings. The van der Waals surface area contributed by atoms with Gasteiger partial charge >= 0.3 is 0 Å². The van der Waals surface area contributed by atoms with E-state index in [-0.39, 0.29) is 0 Å². The summed E-state index contributed by atoms with van der Waals surface area (Å²) in [5, 5.41) is 15.0. The van der Waals surface area contributed by atoms with Crippen molar-refractivity contribution < 1.29 is 4.52 Å². The molecule has 8 nitrogen and oxygen atoms in total. The lowest BCUT2D eigenvalue weighted by atomic mass is 9.77. The summed E-state index contributed by atoms with van der Waals surface area (Å²) in [5.41, 5.74) is 7.48. The molecule has 1 aliphatic carbocycles. The Morgan fingerprint density at radius 2 is 2.00 bits per heavy atom. The summed E-state index contributed by atoms with van der Waals surface area (Å²) >= 11 is 0. The van der Waals surface area contributed by atoms with Crippen LogP contribution < -0.4 is 5.73 Å². The van der Waals surface area contributed by atoms with Gasteiger partial charge in [-0.25, -0.2) is 4.68 Å². The highest BCUT2D eigenvalue weighted by Gasteiger charge is 2.39. The van der Waals surface area contributed by atoms with E-state index in [4.69, 9.17) is 10.3 Å². The van der Waals surface area contributed by atoms with Crippen LogP contribution in [-0.4, -0.2) is 30.3 Å². The van der Waals surface area contributed by atoms with Crippen LogP contribution in [0.2, 0.25) is 0 Å². The van der Waals surface area contributed by atoms with Crippen molar-refractivity contribution in [3.05, 3.63) is 36.4 Å². The zero-order valence-corrected chi connectivity index (χ0v) is 11.2. The van der Waals surface area contributed by atoms with Gasteiger partial charge in [-0.2, -0.15) is 4.98 Å². The molecule has 2 heterocycles. The summed E-state index contributed by atoms with van der Waals surface area (Å²) in [6, 6.07) is 7.55. The van der Waals surface area contributed by atoms with Gasteiger partial charge in [-0.05, 0) is 54.0 Å². The maximum Gasteiger partial charge on any atom is 0.257 e. The number of hydrogen-bond donors (Lipinski definition) is 1. The van der Waals surface area contributed by atoms with Crippen LogP contribution in [0.25, 0.3) is 17.1 Å². The van der Waals surface area contributed by atoms with Crippen molar-refractivity contribution in [3.63, 3.8) is 0 Å². The summed E-state index contributed by atoms with van der Waals surface area (Å²) in [5.74, 6) is 1.07. The average molecular weight is 283 g/mol. The lowest BCUT2D eigenvalue weighted by Gasteiger charge is -2.34. The second-order valence-corrected chi connectivity index (χ2v) is 5.23. The molecule has 4 rings (SSSR count). The lowest BCUT2D eigenvalue weighted by Crippen LogP contribution is -2.44. The van der Waals surface area contributed by atoms with Gasteiger partial charge in [0.15, 0.2) is 5.82 Å². The third-order valence-corrected chi connectivity index (χ3v) is 3.84. The van der Waals surface area contributed by atoms with E-state index in [1.54, 1.807) is 4.68 Å². The van der Waals surface area contributed by atoms with Crippen LogP contribution in [0.15, 0.2) is 35.1 Å². The molecule has 0 amide bonds. The summed E-state index contributed by atoms with van der Waals surface area (Å²) < 4.78 is 6.89. The molecule has 0 saturated heterocycles. The Morgan fingerprint density at radius 3 is 2.62 bits per heavy atom. The molecule has 0 atom stereocenters. The molecule has 0 spiro atoms. The first-order chi connectivity index (χ1) is 10.2. The van der Waals surface area contributed by atoms with E-state index >= 15 is 0 Å². The second-order valence-electron chi connectivity index (χ2n) is 5.23. The van der Waals surface area contributed by atoms with Crippen LogP contribution in [-0.2, 0) is 5.54 Å². The zero-order valence-electron chi connectivity index (χ0n) is 11.2. The Balaban J connectivity index is 1.62. The number of nitrogens with two attached hydrogens (primary N) is 1. The van der Waals surface area contributed by atoms with E-state index in [1.807, 2.05) is 24.3 Å². The minimum absolute atomic E-state index is 0.409. The van der Waals surface area contributed by atoms with Crippen LogP contribution in [0, 0.1) is 0 Å². The van der Waals surface area contributed by atoms with Crippen LogP contribution in [0.4, 0.5) is 0 Å². The van der Waals surface area contributed by atoms with Gasteiger partial charge in [0.05, 0.1) is 11.2 Å². The topological polar surface area (TPSA) is 109 Å². The summed E-state index contributed by atoms with van der Waals surface area (Å²) in [6.45, 7) is 0. The second kappa shape index (κ2) is 4.45. The van der Waals surface area contributed by atoms with Crippen molar-refractivity contribution >= 4 is 0 Å². The predicted molar refractivity (Wildman–Crippen MR) is 72.2 cm³/mol. The molecule has 0 aliphatic heterocycles. The Kier molecular flexibility index (Phi) is 2.58. The first-order valence-electron chi connectivity index (χ1n) is 6.71. The molecule has 106 valence electrons. The number of benzene rings is 1. The smallest absolute Gasteiger partial charge is 0.257 e. The van der Waals surface area contributed by atoms with Crippen molar-refractivity contribution in [1.82, 2.24) is 30.3 Å². The monoisotopic (exact) mass is 283 g/mol. The predicted octanol–water partition coefficient (Wildman–Crippen LogP) is 1.05. The fourth-order valence-corrected chi connectivity index (χ4v) is 2.36. The Bertz CT molecular complexity index is 743. The lowest BCUT2D eigenvalue weighted by molar-refractivity contribution is 0.229. The van der Waals surface area contributed by atoms with Crippen molar-refractivity contribution in [1.29, 1.82) is 0 Å². The SMILES string of the molecule is NC1(c2noc(-c3ccc(-n4cnnn4)cc3)n2)CCC1. The van der Waals surface area contributed by atoms with Gasteiger partial charge < -0.3 is 10.3 Å². The maximum absolute atomic E-state index is 6.19. The van der Waals surface area contributed by atoms with E-state index in [9.17, 15) is 0 Å². The minimum Gasteiger partial charge on any atom is -0.334 e. The molecule has 2 aromatic heterocycles. The molecule has 1 saturated carbocycles. The molecular formula is C13H13N7O. The zero-order chi connectivity index (χ0) is 14.3. The molecule has 8 heteroatoms. The maximum atomic E-state index is 6.19. The van der Waals surface area contributed by atoms with Crippen molar-refractivity contribution in [2.24, 2.45) is 5.73 Å². The largest absolute Gasteiger partial charge is 0.334 e. The van der Waals surface area contributed by atoms with Gasteiger partial charge in [-0.1, -0.05) is 5.16 Å². The normalized spacial score (nSPS) is 16.6. The fraction of sp³-hybridized carbons (Fsp3) is 0.308. The van der Waals surface area contributed by atoms with Crippen LogP contribution in [0.1, 0.15) is 25.1 Å². The highest BCUT2D eigenvalue weighted by Crippen LogP contribution is 2.37. The standard InChI is InChI=1S/C13H13N7O/c14-13(6-1-7-13)12-16-11(21-17-12)9-2-4-10(5-3-9)20-8-15-18-19-20/h2-5,8H,1,6-7,14H2. The number of tetrazole rings is 1. The molecule has 21 heavy (non-hydrogen) atoms. The number of nitrogens with zero attached hydrogens (tertiary/aromatic N) is 6. The summed E-state index contributed by atoms with van der Waals surface area (Å²) in [6.07, 6.45) is 4.46. The Labute approximate surface area is 120 Å². The van der Waals surface area contributed by atoms with Crippen molar-refractivity contribution in [3.8, 4) is 17.1 Å². The van der Waals surface area contributed by atoms with Gasteiger partial charge in [0, 0.05) is 5.56 Å². The van der Waals surface area contributed by atoms with E-state index in [0.717, 1.165) is 30.5 Å². The Hall–Kier alpha value is -2.61. The highest BCUT2D eigenvalue weighted by molar-refractivity contribution is 5.55. The van der Waals surface area contributed by atoms with E-state index < -0.39 is 5.54 Å². The van der Waals surface area contributed by atoms with Gasteiger partial charge in [0.2, 0.25) is 0 Å². The number of aromatic nitrogens is 6. The van der Waals surface area contributed by atoms with Gasteiger partial charge in [-0.3, -0.25) is 0 Å². The molecule has 0 bridgehead atoms. The van der Waals surface area contributed by atoms with E-state index in [0.29, 0.717) is 11.7 Å². The molecule has 0 radical (unpaired) electrons. The quantitative estimate of drug-likeness (QED) is 0.765. The highest BCUT2D eigenvalue weighted by atomic mass is 16.5. The third kappa shape index (κ3) is 2.00. The van der Waals surface area contributed by atoms with Crippen molar-refractivity contribution in [2.45, 2.75) is 24.8 Å². The third-order valence-electron chi connectivity index (χ3n) is 3.84. The van der Waals surface area contributed by atoms with E-state index in [1.165, 1.54) is 6.33 Å². The summed E-state index contributed by atoms with van der Waals surface area (Å²) in [7, 11) is 0. The van der Waals surface area contributed by atoms with E-state index in [2.05, 4.69) is 25.7 Å². The van der Waals surface area contributed by atoms with Crippen LogP contribution in [0.5, 0.6) is 0 Å². The van der Waals surface area contributed by atoms with Crippen molar-refractivity contribution in [2.75, 3.05) is 0 Å². The molecule has 0 unspecified atom stereocenters. The minimum atomic E-state index is -0.409. The van der Waals surface area contributed by atoms with Gasteiger partial charge in [-0.15, -0.1) is 5.10 Å². The van der Waals surface area contributed by atoms with Crippen LogP contribution in [0.3, 0.4) is 0 Å². The first kappa shape index (κ1) is 12.2. The fourth-order valence-electron chi connectivity index (χ4n) is 2.36.